The number of hydrogen-bond acceptors (Lipinski definition) is 5. The predicted octanol–water partition coefficient (Wildman–Crippen LogP) is 3.49. The average molecular weight is 573 g/mol. The van der Waals surface area contributed by atoms with Crippen molar-refractivity contribution in [2.75, 3.05) is 11.3 Å². The molecule has 2 aromatic carbocycles. The van der Waals surface area contributed by atoms with E-state index in [0.717, 1.165) is 11.3 Å². The van der Waals surface area contributed by atoms with Crippen molar-refractivity contribution in [1.29, 1.82) is 0 Å². The lowest BCUT2D eigenvalue weighted by atomic mass is 10.0. The summed E-state index contributed by atoms with van der Waals surface area (Å²) >= 11 is 6.21. The molecule has 0 bridgehead atoms. The molecule has 0 unspecified atom stereocenters. The second-order valence-corrected chi connectivity index (χ2v) is 11.8. The molecule has 2 atom stereocenters. The molecular formula is C27H33ClN6O4S. The van der Waals surface area contributed by atoms with Crippen molar-refractivity contribution in [1.82, 2.24) is 24.7 Å². The number of hydrogen-bond donors (Lipinski definition) is 3. The van der Waals surface area contributed by atoms with E-state index in [1.165, 1.54) is 4.90 Å². The Morgan fingerprint density at radius 1 is 1.13 bits per heavy atom. The van der Waals surface area contributed by atoms with E-state index in [2.05, 4.69) is 19.9 Å². The number of carbonyl (C=O) groups excluding carboxylic acids is 2. The van der Waals surface area contributed by atoms with Crippen molar-refractivity contribution >= 4 is 39.3 Å². The van der Waals surface area contributed by atoms with Gasteiger partial charge in [-0.1, -0.05) is 43.6 Å². The van der Waals surface area contributed by atoms with E-state index in [9.17, 15) is 18.0 Å². The molecule has 0 saturated carbocycles. The molecule has 1 aliphatic rings. The van der Waals surface area contributed by atoms with Gasteiger partial charge in [-0.15, -0.1) is 0 Å². The SMILES string of the molecule is CC(C)C[C@H](NS(=O)(=O)Nc1ccccc1)C(=O)N1CCC[C@H]1C(=O)NCc1cc(Cl)ccc1-n1cccn1. The summed E-state index contributed by atoms with van der Waals surface area (Å²) in [5.41, 5.74) is 1.93. The van der Waals surface area contributed by atoms with Gasteiger partial charge < -0.3 is 10.2 Å². The van der Waals surface area contributed by atoms with E-state index in [4.69, 9.17) is 11.6 Å². The number of amides is 2. The van der Waals surface area contributed by atoms with E-state index < -0.39 is 28.2 Å². The Labute approximate surface area is 233 Å². The Morgan fingerprint density at radius 2 is 1.90 bits per heavy atom. The summed E-state index contributed by atoms with van der Waals surface area (Å²) in [6.45, 7) is 4.39. The monoisotopic (exact) mass is 572 g/mol. The Balaban J connectivity index is 1.46. The topological polar surface area (TPSA) is 125 Å². The molecule has 12 heteroatoms. The third-order valence-electron chi connectivity index (χ3n) is 6.41. The lowest BCUT2D eigenvalue weighted by Crippen LogP contribution is -2.54. The summed E-state index contributed by atoms with van der Waals surface area (Å²) in [5.74, 6) is -0.683. The van der Waals surface area contributed by atoms with Gasteiger partial charge in [0.1, 0.15) is 12.1 Å². The van der Waals surface area contributed by atoms with Gasteiger partial charge >= 0.3 is 0 Å². The number of benzene rings is 2. The molecule has 0 radical (unpaired) electrons. The van der Waals surface area contributed by atoms with Crippen LogP contribution < -0.4 is 14.8 Å². The highest BCUT2D eigenvalue weighted by Gasteiger charge is 2.38. The minimum absolute atomic E-state index is 0.0387. The minimum Gasteiger partial charge on any atom is -0.350 e. The number of anilines is 1. The molecule has 4 rings (SSSR count). The maximum Gasteiger partial charge on any atom is 0.299 e. The first kappa shape index (κ1) is 28.6. The average Bonchev–Trinajstić information content (AvgIpc) is 3.59. The van der Waals surface area contributed by atoms with Crippen LogP contribution in [0.3, 0.4) is 0 Å². The van der Waals surface area contributed by atoms with Gasteiger partial charge in [0.25, 0.3) is 10.2 Å². The van der Waals surface area contributed by atoms with Gasteiger partial charge in [0, 0.05) is 36.2 Å². The fourth-order valence-electron chi connectivity index (χ4n) is 4.68. The van der Waals surface area contributed by atoms with Crippen molar-refractivity contribution in [3.63, 3.8) is 0 Å². The summed E-state index contributed by atoms with van der Waals surface area (Å²) < 4.78 is 32.4. The fourth-order valence-corrected chi connectivity index (χ4v) is 5.95. The van der Waals surface area contributed by atoms with Crippen LogP contribution in [0.1, 0.15) is 38.7 Å². The normalized spacial score (nSPS) is 16.3. The maximum atomic E-state index is 13.6. The van der Waals surface area contributed by atoms with Crippen LogP contribution in [0.5, 0.6) is 0 Å². The van der Waals surface area contributed by atoms with Crippen LogP contribution in [-0.4, -0.2) is 53.5 Å². The highest BCUT2D eigenvalue weighted by molar-refractivity contribution is 7.90. The largest absolute Gasteiger partial charge is 0.350 e. The number of nitrogens with zero attached hydrogens (tertiary/aromatic N) is 3. The molecule has 1 saturated heterocycles. The number of nitrogens with one attached hydrogen (secondary N) is 3. The van der Waals surface area contributed by atoms with Gasteiger partial charge in [-0.2, -0.15) is 18.2 Å². The van der Waals surface area contributed by atoms with Gasteiger partial charge in [0.15, 0.2) is 0 Å². The van der Waals surface area contributed by atoms with Crippen LogP contribution in [0.2, 0.25) is 5.02 Å². The van der Waals surface area contributed by atoms with Crippen molar-refractivity contribution < 1.29 is 18.0 Å². The van der Waals surface area contributed by atoms with Crippen LogP contribution in [0, 0.1) is 5.92 Å². The zero-order valence-electron chi connectivity index (χ0n) is 21.9. The first-order valence-corrected chi connectivity index (χ1v) is 14.7. The second kappa shape index (κ2) is 12.6. The zero-order valence-corrected chi connectivity index (χ0v) is 23.5. The molecule has 2 amide bonds. The lowest BCUT2D eigenvalue weighted by molar-refractivity contribution is -0.140. The highest BCUT2D eigenvalue weighted by atomic mass is 35.5. The second-order valence-electron chi connectivity index (χ2n) is 9.90. The molecule has 0 spiro atoms. The van der Waals surface area contributed by atoms with Gasteiger partial charge in [-0.25, -0.2) is 4.68 Å². The molecule has 1 aliphatic heterocycles. The lowest BCUT2D eigenvalue weighted by Gasteiger charge is -2.29. The van der Waals surface area contributed by atoms with Crippen LogP contribution in [-0.2, 0) is 26.3 Å². The van der Waals surface area contributed by atoms with E-state index in [-0.39, 0.29) is 24.8 Å². The van der Waals surface area contributed by atoms with Crippen molar-refractivity contribution in [3.05, 3.63) is 77.6 Å². The number of likely N-dealkylation sites (tertiary alicyclic amines) is 1. The Morgan fingerprint density at radius 3 is 2.59 bits per heavy atom. The van der Waals surface area contributed by atoms with E-state index in [0.29, 0.717) is 30.1 Å². The molecule has 39 heavy (non-hydrogen) atoms. The molecule has 208 valence electrons. The van der Waals surface area contributed by atoms with Crippen molar-refractivity contribution in [2.24, 2.45) is 5.92 Å². The molecule has 1 fully saturated rings. The summed E-state index contributed by atoms with van der Waals surface area (Å²) in [6, 6.07) is 13.9. The Hall–Kier alpha value is -3.41. The van der Waals surface area contributed by atoms with Gasteiger partial charge in [-0.05, 0) is 67.1 Å². The first-order chi connectivity index (χ1) is 18.6. The predicted molar refractivity (Wildman–Crippen MR) is 151 cm³/mol. The third kappa shape index (κ3) is 7.59. The van der Waals surface area contributed by atoms with Crippen molar-refractivity contribution in [3.8, 4) is 5.69 Å². The van der Waals surface area contributed by atoms with E-state index >= 15 is 0 Å². The van der Waals surface area contributed by atoms with Crippen LogP contribution in [0.25, 0.3) is 5.69 Å². The number of halogens is 1. The third-order valence-corrected chi connectivity index (χ3v) is 7.75. The maximum absolute atomic E-state index is 13.6. The molecule has 0 aliphatic carbocycles. The van der Waals surface area contributed by atoms with E-state index in [1.807, 2.05) is 19.9 Å². The molecule has 2 heterocycles. The molecule has 3 aromatic rings. The smallest absolute Gasteiger partial charge is 0.299 e. The quantitative estimate of drug-likeness (QED) is 0.324. The number of rotatable bonds is 11. The van der Waals surface area contributed by atoms with E-state index in [1.54, 1.807) is 65.6 Å². The van der Waals surface area contributed by atoms with Gasteiger partial charge in [0.2, 0.25) is 11.8 Å². The van der Waals surface area contributed by atoms with Crippen LogP contribution in [0.4, 0.5) is 5.69 Å². The number of carbonyl (C=O) groups is 2. The van der Waals surface area contributed by atoms with Crippen molar-refractivity contribution in [2.45, 2.75) is 51.7 Å². The molecule has 3 N–H and O–H groups in total. The highest BCUT2D eigenvalue weighted by Crippen LogP contribution is 2.23. The molecule has 10 nitrogen and oxygen atoms in total. The zero-order chi connectivity index (χ0) is 28.0. The molecular weight excluding hydrogens is 540 g/mol. The summed E-state index contributed by atoms with van der Waals surface area (Å²) in [5, 5.41) is 7.72. The van der Waals surface area contributed by atoms with Gasteiger partial charge in [-0.3, -0.25) is 14.3 Å². The minimum atomic E-state index is -4.04. The van der Waals surface area contributed by atoms with Gasteiger partial charge in [0.05, 0.1) is 5.69 Å². The molecule has 1 aromatic heterocycles. The Kier molecular flexibility index (Phi) is 9.26. The summed E-state index contributed by atoms with van der Waals surface area (Å²) in [7, 11) is -4.04. The Bertz CT molecular complexity index is 1380. The number of aromatic nitrogens is 2. The number of para-hydroxylation sites is 1. The first-order valence-electron chi connectivity index (χ1n) is 12.8. The summed E-state index contributed by atoms with van der Waals surface area (Å²) in [6.07, 6.45) is 4.88. The van der Waals surface area contributed by atoms with Crippen LogP contribution in [0.15, 0.2) is 67.0 Å². The van der Waals surface area contributed by atoms with Crippen LogP contribution >= 0.6 is 11.6 Å². The fraction of sp³-hybridized carbons (Fsp3) is 0.370. The standard InChI is InChI=1S/C27H33ClN6O4S/c1-19(2)16-23(32-39(37,38)31-22-8-4-3-5-9-22)27(36)33-14-6-10-25(33)26(35)29-18-20-17-21(28)11-12-24(20)34-15-7-13-30-34/h3-5,7-9,11-13,15,17,19,23,25,31-32H,6,10,14,16,18H2,1-2H3,(H,29,35)/t23-,25-/m0/s1. The summed E-state index contributed by atoms with van der Waals surface area (Å²) in [4.78, 5) is 28.4.